The lowest BCUT2D eigenvalue weighted by Crippen LogP contribution is -2.34. The lowest BCUT2D eigenvalue weighted by atomic mass is 10.2. The van der Waals surface area contributed by atoms with Crippen molar-refractivity contribution in [2.24, 2.45) is 5.92 Å². The first kappa shape index (κ1) is 22.0. The van der Waals surface area contributed by atoms with Crippen LogP contribution < -0.4 is 15.5 Å². The van der Waals surface area contributed by atoms with Crippen molar-refractivity contribution < 1.29 is 4.79 Å². The van der Waals surface area contributed by atoms with Crippen molar-refractivity contribution >= 4 is 36.5 Å². The van der Waals surface area contributed by atoms with E-state index in [1.165, 1.54) is 12.8 Å². The summed E-state index contributed by atoms with van der Waals surface area (Å²) in [4.78, 5) is 18.3. The molecule has 0 spiro atoms. The van der Waals surface area contributed by atoms with E-state index in [2.05, 4.69) is 34.4 Å². The number of aromatic nitrogens is 1. The van der Waals surface area contributed by atoms with Crippen LogP contribution in [0.15, 0.2) is 18.3 Å². The maximum Gasteiger partial charge on any atom is 0.234 e. The van der Waals surface area contributed by atoms with Crippen molar-refractivity contribution in [2.45, 2.75) is 33.2 Å². The molecule has 1 amide bonds. The zero-order valence-electron chi connectivity index (χ0n) is 13.9. The Hall–Kier alpha value is -1.04. The van der Waals surface area contributed by atoms with Gasteiger partial charge in [-0.1, -0.05) is 6.07 Å². The highest BCUT2D eigenvalue weighted by Gasteiger charge is 2.20. The minimum Gasteiger partial charge on any atom is -0.357 e. The Morgan fingerprint density at radius 3 is 2.48 bits per heavy atom. The molecular weight excluding hydrogens is 335 g/mol. The second-order valence-corrected chi connectivity index (χ2v) is 5.55. The molecule has 1 heterocycles. The van der Waals surface area contributed by atoms with Gasteiger partial charge in [-0.05, 0) is 50.8 Å². The predicted molar refractivity (Wildman–Crippen MR) is 99.7 cm³/mol. The Balaban J connectivity index is 0.00000242. The minimum atomic E-state index is 0. The fourth-order valence-corrected chi connectivity index (χ4v) is 2.23. The summed E-state index contributed by atoms with van der Waals surface area (Å²) in [6, 6.07) is 4.04. The topological polar surface area (TPSA) is 57.3 Å². The molecule has 0 aromatic carbocycles. The van der Waals surface area contributed by atoms with Gasteiger partial charge >= 0.3 is 0 Å². The molecule has 1 aromatic heterocycles. The van der Waals surface area contributed by atoms with Gasteiger partial charge in [0.25, 0.3) is 0 Å². The largest absolute Gasteiger partial charge is 0.357 e. The maximum atomic E-state index is 11.7. The molecule has 0 radical (unpaired) electrons. The van der Waals surface area contributed by atoms with E-state index in [-0.39, 0.29) is 30.7 Å². The number of carbonyl (C=O) groups excluding carboxylic acids is 1. The van der Waals surface area contributed by atoms with Crippen LogP contribution in [0.3, 0.4) is 0 Å². The van der Waals surface area contributed by atoms with Gasteiger partial charge in [0.2, 0.25) is 5.91 Å². The van der Waals surface area contributed by atoms with Crippen molar-refractivity contribution in [3.8, 4) is 0 Å². The third kappa shape index (κ3) is 7.86. The van der Waals surface area contributed by atoms with Crippen LogP contribution in [0, 0.1) is 5.92 Å². The average Bonchev–Trinajstić information content (AvgIpc) is 3.32. The summed E-state index contributed by atoms with van der Waals surface area (Å²) in [5, 5.41) is 6.10. The van der Waals surface area contributed by atoms with Crippen LogP contribution in [0.4, 0.5) is 5.82 Å². The molecule has 2 N–H and O–H groups in total. The van der Waals surface area contributed by atoms with Crippen molar-refractivity contribution in [2.75, 3.05) is 31.1 Å². The number of carbonyl (C=O) groups is 1. The molecule has 1 saturated carbocycles. The van der Waals surface area contributed by atoms with Crippen LogP contribution in [-0.2, 0) is 11.3 Å². The van der Waals surface area contributed by atoms with Gasteiger partial charge in [-0.3, -0.25) is 4.79 Å². The van der Waals surface area contributed by atoms with Crippen LogP contribution in [0.5, 0.6) is 0 Å². The van der Waals surface area contributed by atoms with E-state index in [4.69, 9.17) is 0 Å². The number of nitrogens with one attached hydrogen (secondary N) is 2. The standard InChI is InChI=1S/C16H26N4O.2ClH/c1-3-20(4-2)15-8-7-14(10-18-15)11-19-16(21)12-17-9-13-5-6-13;;/h7-8,10,13,17H,3-6,9,11-12H2,1-2H3,(H,19,21);2*1H. The van der Waals surface area contributed by atoms with Gasteiger partial charge in [-0.2, -0.15) is 0 Å². The highest BCUT2D eigenvalue weighted by atomic mass is 35.5. The Bertz CT molecular complexity index is 448. The van der Waals surface area contributed by atoms with Crippen LogP contribution >= 0.6 is 24.8 Å². The highest BCUT2D eigenvalue weighted by Crippen LogP contribution is 2.27. The minimum absolute atomic E-state index is 0. The maximum absolute atomic E-state index is 11.7. The molecule has 0 bridgehead atoms. The Morgan fingerprint density at radius 2 is 1.96 bits per heavy atom. The van der Waals surface area contributed by atoms with Gasteiger partial charge in [-0.25, -0.2) is 4.98 Å². The fourth-order valence-electron chi connectivity index (χ4n) is 2.23. The average molecular weight is 363 g/mol. The molecule has 0 atom stereocenters. The summed E-state index contributed by atoms with van der Waals surface area (Å²) >= 11 is 0. The van der Waals surface area contributed by atoms with Crippen LogP contribution in [0.2, 0.25) is 0 Å². The lowest BCUT2D eigenvalue weighted by molar-refractivity contribution is -0.120. The number of amides is 1. The molecule has 1 aliphatic carbocycles. The quantitative estimate of drug-likeness (QED) is 0.707. The van der Waals surface area contributed by atoms with E-state index in [0.29, 0.717) is 13.1 Å². The molecule has 0 saturated heterocycles. The SMILES string of the molecule is CCN(CC)c1ccc(CNC(=O)CNCC2CC2)cn1.Cl.Cl. The molecule has 5 nitrogen and oxygen atoms in total. The van der Waals surface area contributed by atoms with Crippen molar-refractivity contribution in [1.29, 1.82) is 0 Å². The summed E-state index contributed by atoms with van der Waals surface area (Å²) < 4.78 is 0. The first-order valence-electron chi connectivity index (χ1n) is 7.90. The summed E-state index contributed by atoms with van der Waals surface area (Å²) in [5.74, 6) is 1.83. The van der Waals surface area contributed by atoms with E-state index < -0.39 is 0 Å². The predicted octanol–water partition coefficient (Wildman–Crippen LogP) is 2.39. The third-order valence-electron chi connectivity index (χ3n) is 3.80. The molecule has 23 heavy (non-hydrogen) atoms. The van der Waals surface area contributed by atoms with Crippen molar-refractivity contribution in [3.05, 3.63) is 23.9 Å². The second kappa shape index (κ2) is 11.5. The molecule has 2 rings (SSSR count). The molecule has 0 unspecified atom stereocenters. The van der Waals surface area contributed by atoms with E-state index in [0.717, 1.165) is 36.9 Å². The van der Waals surface area contributed by atoms with Gasteiger partial charge in [0, 0.05) is 25.8 Å². The molecule has 0 aliphatic heterocycles. The number of hydrogen-bond acceptors (Lipinski definition) is 4. The normalized spacial score (nSPS) is 12.8. The van der Waals surface area contributed by atoms with Crippen LogP contribution in [0.1, 0.15) is 32.3 Å². The van der Waals surface area contributed by atoms with Crippen LogP contribution in [-0.4, -0.2) is 37.1 Å². The molecule has 1 aromatic rings. The van der Waals surface area contributed by atoms with E-state index in [1.54, 1.807) is 0 Å². The number of anilines is 1. The summed E-state index contributed by atoms with van der Waals surface area (Å²) in [6.07, 6.45) is 4.45. The van der Waals surface area contributed by atoms with Crippen molar-refractivity contribution in [3.63, 3.8) is 0 Å². The summed E-state index contributed by atoms with van der Waals surface area (Å²) in [5.41, 5.74) is 1.03. The second-order valence-electron chi connectivity index (χ2n) is 5.55. The number of rotatable bonds is 9. The van der Waals surface area contributed by atoms with Gasteiger partial charge in [0.15, 0.2) is 0 Å². The Labute approximate surface area is 151 Å². The van der Waals surface area contributed by atoms with E-state index in [1.807, 2.05) is 18.3 Å². The monoisotopic (exact) mass is 362 g/mol. The summed E-state index contributed by atoms with van der Waals surface area (Å²) in [6.45, 7) is 8.05. The molecular formula is C16H28Cl2N4O. The van der Waals surface area contributed by atoms with E-state index >= 15 is 0 Å². The number of halogens is 2. The lowest BCUT2D eigenvalue weighted by Gasteiger charge is -2.19. The molecule has 1 fully saturated rings. The van der Waals surface area contributed by atoms with Gasteiger partial charge < -0.3 is 15.5 Å². The van der Waals surface area contributed by atoms with Crippen LogP contribution in [0.25, 0.3) is 0 Å². The Kier molecular flexibility index (Phi) is 11.0. The number of nitrogens with zero attached hydrogens (tertiary/aromatic N) is 2. The Morgan fingerprint density at radius 1 is 1.26 bits per heavy atom. The van der Waals surface area contributed by atoms with Gasteiger partial charge in [0.1, 0.15) is 5.82 Å². The number of hydrogen-bond donors (Lipinski definition) is 2. The first-order chi connectivity index (χ1) is 10.2. The highest BCUT2D eigenvalue weighted by molar-refractivity contribution is 5.85. The zero-order chi connectivity index (χ0) is 15.1. The van der Waals surface area contributed by atoms with Crippen molar-refractivity contribution in [1.82, 2.24) is 15.6 Å². The zero-order valence-corrected chi connectivity index (χ0v) is 15.5. The summed E-state index contributed by atoms with van der Waals surface area (Å²) in [7, 11) is 0. The molecule has 7 heteroatoms. The van der Waals surface area contributed by atoms with Gasteiger partial charge in [0.05, 0.1) is 6.54 Å². The third-order valence-corrected chi connectivity index (χ3v) is 3.80. The smallest absolute Gasteiger partial charge is 0.234 e. The molecule has 1 aliphatic rings. The van der Waals surface area contributed by atoms with E-state index in [9.17, 15) is 4.79 Å². The van der Waals surface area contributed by atoms with Gasteiger partial charge in [-0.15, -0.1) is 24.8 Å². The number of pyridine rings is 1. The first-order valence-corrected chi connectivity index (χ1v) is 7.90. The fraction of sp³-hybridized carbons (Fsp3) is 0.625. The molecule has 132 valence electrons.